The van der Waals surface area contributed by atoms with Crippen LogP contribution in [0.25, 0.3) is 0 Å². The zero-order valence-corrected chi connectivity index (χ0v) is 13.5. The van der Waals surface area contributed by atoms with E-state index in [0.29, 0.717) is 19.6 Å². The lowest BCUT2D eigenvalue weighted by molar-refractivity contribution is -0.148. The Labute approximate surface area is 122 Å². The van der Waals surface area contributed by atoms with E-state index < -0.39 is 5.54 Å². The Morgan fingerprint density at radius 1 is 1.10 bits per heavy atom. The molecule has 0 fully saturated rings. The van der Waals surface area contributed by atoms with E-state index in [9.17, 15) is 4.79 Å². The third-order valence-corrected chi connectivity index (χ3v) is 3.35. The summed E-state index contributed by atoms with van der Waals surface area (Å²) in [6.45, 7) is 8.35. The highest BCUT2D eigenvalue weighted by molar-refractivity contribution is 5.80. The molecule has 120 valence electrons. The summed E-state index contributed by atoms with van der Waals surface area (Å²) in [6.07, 6.45) is 0.681. The number of carbonyl (C=O) groups excluding carboxylic acids is 1. The van der Waals surface area contributed by atoms with E-state index >= 15 is 0 Å². The van der Waals surface area contributed by atoms with Gasteiger partial charge in [0.05, 0.1) is 20.3 Å². The monoisotopic (exact) mass is 290 g/mol. The van der Waals surface area contributed by atoms with Gasteiger partial charge < -0.3 is 19.5 Å². The SMILES string of the molecule is CCNC(C)(CCN(CCOC)CCOC)C(=O)OC. The molecule has 0 aromatic carbocycles. The van der Waals surface area contributed by atoms with Crippen LogP contribution in [0.5, 0.6) is 0 Å². The molecule has 0 radical (unpaired) electrons. The predicted octanol–water partition coefficient (Wildman–Crippen LogP) is 0.513. The predicted molar refractivity (Wildman–Crippen MR) is 78.9 cm³/mol. The normalized spacial score (nSPS) is 14.3. The third-order valence-electron chi connectivity index (χ3n) is 3.35. The number of nitrogens with one attached hydrogen (secondary N) is 1. The molecule has 0 spiro atoms. The molecule has 1 N–H and O–H groups in total. The van der Waals surface area contributed by atoms with Crippen LogP contribution in [-0.4, -0.2) is 77.1 Å². The van der Waals surface area contributed by atoms with Crippen molar-refractivity contribution in [3.8, 4) is 0 Å². The number of likely N-dealkylation sites (N-methyl/N-ethyl adjacent to an activating group) is 1. The van der Waals surface area contributed by atoms with E-state index in [-0.39, 0.29) is 5.97 Å². The standard InChI is InChI=1S/C14H30N2O4/c1-6-15-14(2,13(17)20-5)7-8-16(9-11-18-3)10-12-19-4/h15H,6-12H2,1-5H3. The van der Waals surface area contributed by atoms with Crippen molar-refractivity contribution in [1.29, 1.82) is 0 Å². The van der Waals surface area contributed by atoms with Crippen molar-refractivity contribution in [2.45, 2.75) is 25.8 Å². The van der Waals surface area contributed by atoms with Gasteiger partial charge in [-0.05, 0) is 19.9 Å². The molecule has 0 aliphatic heterocycles. The Morgan fingerprint density at radius 3 is 2.05 bits per heavy atom. The molecule has 20 heavy (non-hydrogen) atoms. The summed E-state index contributed by atoms with van der Waals surface area (Å²) in [5.41, 5.74) is -0.651. The van der Waals surface area contributed by atoms with Crippen LogP contribution in [0.15, 0.2) is 0 Å². The number of rotatable bonds is 12. The van der Waals surface area contributed by atoms with Crippen molar-refractivity contribution in [2.24, 2.45) is 0 Å². The minimum atomic E-state index is -0.651. The molecule has 0 aliphatic carbocycles. The van der Waals surface area contributed by atoms with E-state index in [1.165, 1.54) is 7.11 Å². The maximum atomic E-state index is 11.9. The van der Waals surface area contributed by atoms with Gasteiger partial charge in [-0.3, -0.25) is 9.69 Å². The summed E-state index contributed by atoms with van der Waals surface area (Å²) < 4.78 is 15.1. The van der Waals surface area contributed by atoms with Gasteiger partial charge in [-0.25, -0.2) is 0 Å². The van der Waals surface area contributed by atoms with Gasteiger partial charge >= 0.3 is 5.97 Å². The third kappa shape index (κ3) is 7.19. The highest BCUT2D eigenvalue weighted by Crippen LogP contribution is 2.13. The molecule has 6 nitrogen and oxygen atoms in total. The second-order valence-corrected chi connectivity index (χ2v) is 4.93. The van der Waals surface area contributed by atoms with E-state index in [0.717, 1.165) is 26.2 Å². The van der Waals surface area contributed by atoms with Gasteiger partial charge in [0.1, 0.15) is 5.54 Å². The quantitative estimate of drug-likeness (QED) is 0.529. The first-order valence-corrected chi connectivity index (χ1v) is 7.07. The van der Waals surface area contributed by atoms with Crippen molar-refractivity contribution in [3.05, 3.63) is 0 Å². The van der Waals surface area contributed by atoms with Crippen molar-refractivity contribution >= 4 is 5.97 Å². The van der Waals surface area contributed by atoms with Gasteiger partial charge in [-0.2, -0.15) is 0 Å². The lowest BCUT2D eigenvalue weighted by Gasteiger charge is -2.31. The summed E-state index contributed by atoms with van der Waals surface area (Å²) in [7, 11) is 4.79. The van der Waals surface area contributed by atoms with Crippen LogP contribution < -0.4 is 5.32 Å². The fourth-order valence-electron chi connectivity index (χ4n) is 2.04. The smallest absolute Gasteiger partial charge is 0.325 e. The molecular weight excluding hydrogens is 260 g/mol. The van der Waals surface area contributed by atoms with Crippen molar-refractivity contribution in [1.82, 2.24) is 10.2 Å². The topological polar surface area (TPSA) is 60.0 Å². The average molecular weight is 290 g/mol. The van der Waals surface area contributed by atoms with Gasteiger partial charge in [0.2, 0.25) is 0 Å². The molecule has 0 heterocycles. The second kappa shape index (κ2) is 11.0. The summed E-state index contributed by atoms with van der Waals surface area (Å²) >= 11 is 0. The van der Waals surface area contributed by atoms with Crippen LogP contribution in [0.3, 0.4) is 0 Å². The Kier molecular flexibility index (Phi) is 10.6. The largest absolute Gasteiger partial charge is 0.468 e. The molecule has 1 unspecified atom stereocenters. The average Bonchev–Trinajstić information content (AvgIpc) is 2.45. The fourth-order valence-corrected chi connectivity index (χ4v) is 2.04. The Morgan fingerprint density at radius 2 is 1.65 bits per heavy atom. The molecule has 0 aromatic heterocycles. The minimum Gasteiger partial charge on any atom is -0.468 e. The molecule has 0 bridgehead atoms. The Hall–Kier alpha value is -0.690. The first kappa shape index (κ1) is 19.3. The van der Waals surface area contributed by atoms with Crippen LogP contribution in [0.1, 0.15) is 20.3 Å². The zero-order valence-electron chi connectivity index (χ0n) is 13.5. The van der Waals surface area contributed by atoms with E-state index in [2.05, 4.69) is 10.2 Å². The number of carbonyl (C=O) groups is 1. The Bertz CT molecular complexity index is 256. The lowest BCUT2D eigenvalue weighted by Crippen LogP contribution is -2.52. The van der Waals surface area contributed by atoms with Gasteiger partial charge in [-0.15, -0.1) is 0 Å². The summed E-state index contributed by atoms with van der Waals surface area (Å²) in [5.74, 6) is -0.224. The van der Waals surface area contributed by atoms with Gasteiger partial charge in [0.25, 0.3) is 0 Å². The fraction of sp³-hybridized carbons (Fsp3) is 0.929. The molecular formula is C14H30N2O4. The van der Waals surface area contributed by atoms with Crippen molar-refractivity contribution in [2.75, 3.05) is 60.7 Å². The maximum absolute atomic E-state index is 11.9. The second-order valence-electron chi connectivity index (χ2n) is 4.93. The maximum Gasteiger partial charge on any atom is 0.325 e. The van der Waals surface area contributed by atoms with Gasteiger partial charge in [-0.1, -0.05) is 6.92 Å². The van der Waals surface area contributed by atoms with E-state index in [1.54, 1.807) is 14.2 Å². The number of hydrogen-bond acceptors (Lipinski definition) is 6. The first-order valence-electron chi connectivity index (χ1n) is 7.07. The van der Waals surface area contributed by atoms with Crippen LogP contribution in [0, 0.1) is 0 Å². The van der Waals surface area contributed by atoms with Crippen LogP contribution in [0.2, 0.25) is 0 Å². The Balaban J connectivity index is 4.47. The van der Waals surface area contributed by atoms with E-state index in [4.69, 9.17) is 14.2 Å². The summed E-state index contributed by atoms with van der Waals surface area (Å²) in [5, 5.41) is 3.21. The molecule has 0 rings (SSSR count). The van der Waals surface area contributed by atoms with Gasteiger partial charge in [0, 0.05) is 33.9 Å². The van der Waals surface area contributed by atoms with Crippen LogP contribution >= 0.6 is 0 Å². The van der Waals surface area contributed by atoms with Crippen molar-refractivity contribution in [3.63, 3.8) is 0 Å². The number of methoxy groups -OCH3 is 3. The molecule has 6 heteroatoms. The number of ether oxygens (including phenoxy) is 3. The highest BCUT2D eigenvalue weighted by atomic mass is 16.5. The van der Waals surface area contributed by atoms with Crippen LogP contribution in [0.4, 0.5) is 0 Å². The molecule has 0 amide bonds. The van der Waals surface area contributed by atoms with E-state index in [1.807, 2.05) is 13.8 Å². The number of esters is 1. The molecule has 1 atom stereocenters. The van der Waals surface area contributed by atoms with Crippen LogP contribution in [-0.2, 0) is 19.0 Å². The summed E-state index contributed by atoms with van der Waals surface area (Å²) in [6, 6.07) is 0. The molecule has 0 aliphatic rings. The highest BCUT2D eigenvalue weighted by Gasteiger charge is 2.33. The lowest BCUT2D eigenvalue weighted by atomic mass is 9.97. The number of hydrogen-bond donors (Lipinski definition) is 1. The molecule has 0 aromatic rings. The van der Waals surface area contributed by atoms with Gasteiger partial charge in [0.15, 0.2) is 0 Å². The molecule has 0 saturated heterocycles. The first-order chi connectivity index (χ1) is 9.53. The zero-order chi connectivity index (χ0) is 15.4. The minimum absolute atomic E-state index is 0.224. The summed E-state index contributed by atoms with van der Waals surface area (Å²) in [4.78, 5) is 14.1. The molecule has 0 saturated carbocycles. The van der Waals surface area contributed by atoms with Crippen molar-refractivity contribution < 1.29 is 19.0 Å². The number of nitrogens with zero attached hydrogens (tertiary/aromatic N) is 1.